The summed E-state index contributed by atoms with van der Waals surface area (Å²) in [5, 5.41) is 3.78. The van der Waals surface area contributed by atoms with Crippen molar-refractivity contribution in [3.63, 3.8) is 0 Å². The number of rotatable bonds is 6. The number of hydrogen-bond acceptors (Lipinski definition) is 3. The van der Waals surface area contributed by atoms with E-state index in [0.717, 1.165) is 42.4 Å². The fourth-order valence-electron chi connectivity index (χ4n) is 4.41. The van der Waals surface area contributed by atoms with E-state index < -0.39 is 0 Å². The van der Waals surface area contributed by atoms with E-state index in [2.05, 4.69) is 22.1 Å². The molecule has 7 heteroatoms. The molecule has 0 saturated carbocycles. The van der Waals surface area contributed by atoms with Crippen molar-refractivity contribution in [2.24, 2.45) is 0 Å². The molecule has 0 spiro atoms. The Morgan fingerprint density at radius 3 is 2.75 bits per heavy atom. The molecule has 2 N–H and O–H groups in total. The van der Waals surface area contributed by atoms with Gasteiger partial charge in [-0.3, -0.25) is 9.69 Å². The number of halogens is 1. The molecule has 1 aliphatic heterocycles. The molecule has 2 amide bonds. The molecular weight excluding hydrogens is 407 g/mol. The van der Waals surface area contributed by atoms with Crippen molar-refractivity contribution in [2.75, 3.05) is 25.0 Å². The lowest BCUT2D eigenvalue weighted by Gasteiger charge is -2.30. The van der Waals surface area contributed by atoms with Crippen molar-refractivity contribution >= 4 is 22.6 Å². The minimum atomic E-state index is -0.359. The highest BCUT2D eigenvalue weighted by Crippen LogP contribution is 2.20. The Morgan fingerprint density at radius 2 is 2.00 bits per heavy atom. The van der Waals surface area contributed by atoms with Gasteiger partial charge in [0.25, 0.3) is 5.56 Å². The zero-order chi connectivity index (χ0) is 22.7. The third-order valence-electron chi connectivity index (χ3n) is 6.16. The van der Waals surface area contributed by atoms with E-state index in [9.17, 15) is 14.0 Å². The number of benzene rings is 2. The molecule has 1 fully saturated rings. The zero-order valence-electron chi connectivity index (χ0n) is 18.5. The maximum Gasteiger partial charge on any atom is 0.322 e. The number of aromatic amines is 1. The van der Waals surface area contributed by atoms with Crippen LogP contribution >= 0.6 is 0 Å². The van der Waals surface area contributed by atoms with Crippen molar-refractivity contribution in [3.8, 4) is 0 Å². The third-order valence-corrected chi connectivity index (χ3v) is 6.16. The van der Waals surface area contributed by atoms with Crippen LogP contribution in [0.4, 0.5) is 14.9 Å². The Bertz CT molecular complexity index is 1160. The molecule has 0 aliphatic carbocycles. The lowest BCUT2D eigenvalue weighted by atomic mass is 10.1. The van der Waals surface area contributed by atoms with Crippen LogP contribution in [0.1, 0.15) is 30.9 Å². The lowest BCUT2D eigenvalue weighted by Crippen LogP contribution is -2.45. The van der Waals surface area contributed by atoms with Gasteiger partial charge in [0.2, 0.25) is 0 Å². The fraction of sp³-hybridized carbons (Fsp3) is 0.360. The molecule has 1 atom stereocenters. The van der Waals surface area contributed by atoms with Gasteiger partial charge in [0.1, 0.15) is 5.82 Å². The number of anilines is 1. The first-order chi connectivity index (χ1) is 15.4. The van der Waals surface area contributed by atoms with Gasteiger partial charge in [-0.05, 0) is 80.2 Å². The maximum absolute atomic E-state index is 13.3. The molecule has 2 heterocycles. The third kappa shape index (κ3) is 4.99. The van der Waals surface area contributed by atoms with E-state index in [1.165, 1.54) is 24.3 Å². The molecule has 1 unspecified atom stereocenters. The van der Waals surface area contributed by atoms with Crippen LogP contribution in [-0.2, 0) is 6.54 Å². The van der Waals surface area contributed by atoms with Crippen LogP contribution in [-0.4, -0.2) is 46.5 Å². The highest BCUT2D eigenvalue weighted by molar-refractivity contribution is 5.89. The summed E-state index contributed by atoms with van der Waals surface area (Å²) in [5.74, 6) is -0.359. The van der Waals surface area contributed by atoms with Gasteiger partial charge in [-0.2, -0.15) is 0 Å². The summed E-state index contributed by atoms with van der Waals surface area (Å²) in [6.45, 7) is 6.76. The Kier molecular flexibility index (Phi) is 6.55. The molecule has 2 aromatic carbocycles. The number of urea groups is 1. The lowest BCUT2D eigenvalue weighted by molar-refractivity contribution is 0.174. The summed E-state index contributed by atoms with van der Waals surface area (Å²) in [7, 11) is 0. The minimum Gasteiger partial charge on any atom is -0.322 e. The number of carbonyl (C=O) groups excluding carboxylic acids is 1. The first kappa shape index (κ1) is 22.0. The number of nitrogens with zero attached hydrogens (tertiary/aromatic N) is 2. The SMILES string of the molecule is CCN1CCCC1CN(Cc1cc2ccc(C)cc2[nH]c1=O)C(=O)Nc1ccc(F)cc1. The number of amides is 2. The number of nitrogens with one attached hydrogen (secondary N) is 2. The molecule has 168 valence electrons. The minimum absolute atomic E-state index is 0.193. The normalized spacial score (nSPS) is 16.4. The second-order valence-corrected chi connectivity index (χ2v) is 8.46. The molecular formula is C25H29FN4O2. The summed E-state index contributed by atoms with van der Waals surface area (Å²) < 4.78 is 13.3. The standard InChI is InChI=1S/C25H29FN4O2/c1-3-29-12-4-5-22(29)16-30(25(32)27-21-10-8-20(26)9-11-21)15-19-14-18-7-6-17(2)13-23(18)28-24(19)31/h6-11,13-14,22H,3-5,12,15-16H2,1-2H3,(H,27,32)(H,28,31). The second-order valence-electron chi connectivity index (χ2n) is 8.46. The van der Waals surface area contributed by atoms with Crippen LogP contribution in [0.2, 0.25) is 0 Å². The highest BCUT2D eigenvalue weighted by Gasteiger charge is 2.28. The van der Waals surface area contributed by atoms with E-state index in [-0.39, 0.29) is 30.0 Å². The van der Waals surface area contributed by atoms with Crippen LogP contribution in [0, 0.1) is 12.7 Å². The van der Waals surface area contributed by atoms with Gasteiger partial charge >= 0.3 is 6.03 Å². The van der Waals surface area contributed by atoms with E-state index in [4.69, 9.17) is 0 Å². The number of aryl methyl sites for hydroxylation is 1. The summed E-state index contributed by atoms with van der Waals surface area (Å²) in [4.78, 5) is 33.0. The van der Waals surface area contributed by atoms with E-state index >= 15 is 0 Å². The number of H-pyrrole nitrogens is 1. The number of aromatic nitrogens is 1. The number of pyridine rings is 1. The Balaban J connectivity index is 1.60. The average molecular weight is 437 g/mol. The monoisotopic (exact) mass is 436 g/mol. The summed E-state index contributed by atoms with van der Waals surface area (Å²) >= 11 is 0. The number of fused-ring (bicyclic) bond motifs is 1. The largest absolute Gasteiger partial charge is 0.322 e. The molecule has 3 aromatic rings. The average Bonchev–Trinajstić information content (AvgIpc) is 3.22. The molecule has 1 aliphatic rings. The van der Waals surface area contributed by atoms with Crippen LogP contribution < -0.4 is 10.9 Å². The summed E-state index contributed by atoms with van der Waals surface area (Å²) in [5.41, 5.74) is 2.72. The zero-order valence-corrected chi connectivity index (χ0v) is 18.5. The quantitative estimate of drug-likeness (QED) is 0.598. The van der Waals surface area contributed by atoms with Crippen LogP contribution in [0.5, 0.6) is 0 Å². The van der Waals surface area contributed by atoms with Gasteiger partial charge < -0.3 is 15.2 Å². The topological polar surface area (TPSA) is 68.4 Å². The Morgan fingerprint density at radius 1 is 1.22 bits per heavy atom. The van der Waals surface area contributed by atoms with Crippen molar-refractivity contribution in [3.05, 3.63) is 75.8 Å². The molecule has 32 heavy (non-hydrogen) atoms. The van der Waals surface area contributed by atoms with Gasteiger partial charge in [-0.25, -0.2) is 9.18 Å². The molecule has 4 rings (SSSR count). The van der Waals surface area contributed by atoms with Crippen molar-refractivity contribution in [2.45, 2.75) is 39.3 Å². The number of likely N-dealkylation sites (N-methyl/N-ethyl adjacent to an activating group) is 1. The van der Waals surface area contributed by atoms with Crippen molar-refractivity contribution < 1.29 is 9.18 Å². The van der Waals surface area contributed by atoms with Crippen molar-refractivity contribution in [1.29, 1.82) is 0 Å². The molecule has 6 nitrogen and oxygen atoms in total. The first-order valence-electron chi connectivity index (χ1n) is 11.1. The molecule has 1 saturated heterocycles. The summed E-state index contributed by atoms with van der Waals surface area (Å²) in [6.07, 6.45) is 2.11. The van der Waals surface area contributed by atoms with Gasteiger partial charge in [-0.1, -0.05) is 19.1 Å². The second kappa shape index (κ2) is 9.53. The molecule has 1 aromatic heterocycles. The van der Waals surface area contributed by atoms with Crippen molar-refractivity contribution in [1.82, 2.24) is 14.8 Å². The Labute approximate surface area is 187 Å². The predicted molar refractivity (Wildman–Crippen MR) is 125 cm³/mol. The van der Waals surface area contributed by atoms with Gasteiger partial charge in [0, 0.05) is 29.4 Å². The summed E-state index contributed by atoms with van der Waals surface area (Å²) in [6, 6.07) is 13.4. The van der Waals surface area contributed by atoms with Crippen LogP contribution in [0.3, 0.4) is 0 Å². The first-order valence-corrected chi connectivity index (χ1v) is 11.1. The van der Waals surface area contributed by atoms with Crippen LogP contribution in [0.15, 0.2) is 53.3 Å². The van der Waals surface area contributed by atoms with Gasteiger partial charge in [0.15, 0.2) is 0 Å². The maximum atomic E-state index is 13.3. The highest BCUT2D eigenvalue weighted by atomic mass is 19.1. The number of hydrogen-bond donors (Lipinski definition) is 2. The van der Waals surface area contributed by atoms with Gasteiger partial charge in [0.05, 0.1) is 6.54 Å². The predicted octanol–water partition coefficient (Wildman–Crippen LogP) is 4.49. The Hall–Kier alpha value is -3.19. The number of likely N-dealkylation sites (tertiary alicyclic amines) is 1. The van der Waals surface area contributed by atoms with E-state index in [1.807, 2.05) is 31.2 Å². The van der Waals surface area contributed by atoms with Crippen LogP contribution in [0.25, 0.3) is 10.9 Å². The fourth-order valence-corrected chi connectivity index (χ4v) is 4.41. The smallest absolute Gasteiger partial charge is 0.322 e. The van der Waals surface area contributed by atoms with E-state index in [0.29, 0.717) is 17.8 Å². The van der Waals surface area contributed by atoms with E-state index in [1.54, 1.807) is 4.90 Å². The molecule has 0 bridgehead atoms. The number of carbonyl (C=O) groups is 1. The van der Waals surface area contributed by atoms with Gasteiger partial charge in [-0.15, -0.1) is 0 Å². The molecule has 0 radical (unpaired) electrons.